The number of fused-ring (bicyclic) bond motifs is 2. The second-order valence-corrected chi connectivity index (χ2v) is 10.1. The largest absolute Gasteiger partial charge is 0.465 e. The number of Topliss-reactive ketones (excluding diaryl/α,β-unsaturated/α-hetero) is 1. The molecule has 0 radical (unpaired) electrons. The first-order valence-corrected chi connectivity index (χ1v) is 10.4. The summed E-state index contributed by atoms with van der Waals surface area (Å²) in [5.74, 6) is -3.16. The van der Waals surface area contributed by atoms with E-state index in [4.69, 9.17) is 8.74 Å². The van der Waals surface area contributed by atoms with Crippen molar-refractivity contribution in [2.45, 2.75) is 43.1 Å². The van der Waals surface area contributed by atoms with E-state index in [1.54, 1.807) is 13.8 Å². The summed E-state index contributed by atoms with van der Waals surface area (Å²) in [4.78, 5) is 23.3. The molecule has 0 aromatic carbocycles. The van der Waals surface area contributed by atoms with E-state index in [0.717, 1.165) is 0 Å². The summed E-state index contributed by atoms with van der Waals surface area (Å²) in [6.45, 7) is 1.38. The smallest absolute Gasteiger partial charge is 0.458 e. The van der Waals surface area contributed by atoms with Crippen molar-refractivity contribution in [1.82, 2.24) is 0 Å². The van der Waals surface area contributed by atoms with Gasteiger partial charge in [0.2, 0.25) is 0 Å². The van der Waals surface area contributed by atoms with Crippen molar-refractivity contribution in [2.24, 2.45) is 11.3 Å². The van der Waals surface area contributed by atoms with Crippen molar-refractivity contribution in [3.63, 3.8) is 0 Å². The van der Waals surface area contributed by atoms with Crippen LogP contribution in [0.5, 0.6) is 0 Å². The number of hydrogen-bond donors (Lipinski definition) is 1. The molecular formula is C13H18F2O9S2. The highest BCUT2D eigenvalue weighted by Gasteiger charge is 2.71. The third kappa shape index (κ3) is 2.84. The molecular weight excluding hydrogens is 402 g/mol. The fraction of sp³-hybridized carbons (Fsp3) is 0.846. The third-order valence-electron chi connectivity index (χ3n) is 5.33. The minimum atomic E-state index is -6.02. The van der Waals surface area contributed by atoms with Gasteiger partial charge in [-0.1, -0.05) is 13.8 Å². The molecule has 9 nitrogen and oxygen atoms in total. The number of carbonyl (C=O) groups excluding carboxylic acids is 2. The van der Waals surface area contributed by atoms with Crippen LogP contribution < -0.4 is 0 Å². The monoisotopic (exact) mass is 420 g/mol. The Morgan fingerprint density at radius 2 is 1.85 bits per heavy atom. The summed E-state index contributed by atoms with van der Waals surface area (Å²) in [5, 5.41) is -5.19. The predicted molar refractivity (Wildman–Crippen MR) is 81.2 cm³/mol. The third-order valence-corrected chi connectivity index (χ3v) is 8.43. The lowest BCUT2D eigenvalue weighted by Crippen LogP contribution is -2.51. The van der Waals surface area contributed by atoms with Crippen LogP contribution in [0, 0.1) is 11.3 Å². The molecule has 2 bridgehead atoms. The Bertz CT molecular complexity index is 832. The second-order valence-electron chi connectivity index (χ2n) is 6.82. The molecule has 150 valence electrons. The standard InChI is InChI=1S/C13H18F2O9S2/c1-11(2)8-3-4-12(11,9(16)7-8)26(21,22)24-6-5-23-10(17)13(14,15)25(18,19)20/h8H,3-7H2,1-2H3,(H,18,19,20). The molecule has 13 heteroatoms. The van der Waals surface area contributed by atoms with Gasteiger partial charge in [0.25, 0.3) is 10.1 Å². The zero-order valence-corrected chi connectivity index (χ0v) is 15.5. The van der Waals surface area contributed by atoms with Crippen molar-refractivity contribution in [2.75, 3.05) is 13.2 Å². The number of hydrogen-bond acceptors (Lipinski definition) is 8. The van der Waals surface area contributed by atoms with E-state index in [1.807, 2.05) is 0 Å². The molecule has 2 aliphatic carbocycles. The van der Waals surface area contributed by atoms with Crippen LogP contribution in [-0.2, 0) is 38.7 Å². The maximum absolute atomic E-state index is 13.0. The average Bonchev–Trinajstić information content (AvgIpc) is 2.85. The molecule has 0 amide bonds. The zero-order valence-electron chi connectivity index (χ0n) is 13.9. The van der Waals surface area contributed by atoms with Crippen molar-refractivity contribution in [3.8, 4) is 0 Å². The lowest BCUT2D eigenvalue weighted by Gasteiger charge is -2.34. The minimum Gasteiger partial charge on any atom is -0.458 e. The lowest BCUT2D eigenvalue weighted by atomic mass is 9.81. The van der Waals surface area contributed by atoms with Crippen molar-refractivity contribution < 1.29 is 48.7 Å². The zero-order chi connectivity index (χ0) is 20.2. The fourth-order valence-corrected chi connectivity index (χ4v) is 6.09. The van der Waals surface area contributed by atoms with Crippen LogP contribution in [0.4, 0.5) is 8.78 Å². The van der Waals surface area contributed by atoms with Gasteiger partial charge in [-0.3, -0.25) is 13.5 Å². The predicted octanol–water partition coefficient (Wildman–Crippen LogP) is 0.504. The Balaban J connectivity index is 2.02. The van der Waals surface area contributed by atoms with Gasteiger partial charge in [-0.2, -0.15) is 25.6 Å². The highest BCUT2D eigenvalue weighted by atomic mass is 32.2. The molecule has 2 atom stereocenters. The van der Waals surface area contributed by atoms with Crippen LogP contribution in [0.2, 0.25) is 0 Å². The molecule has 1 N–H and O–H groups in total. The number of carbonyl (C=O) groups is 2. The number of alkyl halides is 2. The van der Waals surface area contributed by atoms with E-state index in [2.05, 4.69) is 4.74 Å². The van der Waals surface area contributed by atoms with E-state index in [0.29, 0.717) is 6.42 Å². The topological polar surface area (TPSA) is 141 Å². The summed E-state index contributed by atoms with van der Waals surface area (Å²) >= 11 is 0. The van der Waals surface area contributed by atoms with Gasteiger partial charge in [0, 0.05) is 6.42 Å². The van der Waals surface area contributed by atoms with E-state index < -0.39 is 60.6 Å². The normalized spacial score (nSPS) is 28.3. The van der Waals surface area contributed by atoms with Crippen molar-refractivity contribution in [3.05, 3.63) is 0 Å². The number of halogens is 2. The van der Waals surface area contributed by atoms with Gasteiger partial charge in [-0.25, -0.2) is 4.79 Å². The van der Waals surface area contributed by atoms with Crippen molar-refractivity contribution >= 4 is 32.0 Å². The maximum atomic E-state index is 13.0. The Morgan fingerprint density at radius 1 is 1.27 bits per heavy atom. The molecule has 0 aromatic rings. The quantitative estimate of drug-likeness (QED) is 0.270. The van der Waals surface area contributed by atoms with Gasteiger partial charge in [0.15, 0.2) is 10.5 Å². The van der Waals surface area contributed by atoms with Gasteiger partial charge in [0.1, 0.15) is 13.2 Å². The van der Waals surface area contributed by atoms with Crippen LogP contribution >= 0.6 is 0 Å². The molecule has 26 heavy (non-hydrogen) atoms. The summed E-state index contributed by atoms with van der Waals surface area (Å²) in [6, 6.07) is 0. The van der Waals surface area contributed by atoms with Crippen LogP contribution in [0.25, 0.3) is 0 Å². The van der Waals surface area contributed by atoms with Crippen molar-refractivity contribution in [1.29, 1.82) is 0 Å². The first-order valence-electron chi connectivity index (χ1n) is 7.55. The van der Waals surface area contributed by atoms with Gasteiger partial charge in [-0.05, 0) is 24.2 Å². The molecule has 2 aliphatic rings. The second kappa shape index (κ2) is 6.17. The number of ketones is 1. The van der Waals surface area contributed by atoms with E-state index in [1.165, 1.54) is 0 Å². The van der Waals surface area contributed by atoms with E-state index >= 15 is 0 Å². The molecule has 0 spiro atoms. The summed E-state index contributed by atoms with van der Waals surface area (Å²) in [6.07, 6.45) is 0.703. The van der Waals surface area contributed by atoms with Crippen LogP contribution in [0.3, 0.4) is 0 Å². The van der Waals surface area contributed by atoms with Gasteiger partial charge < -0.3 is 4.74 Å². The van der Waals surface area contributed by atoms with E-state index in [9.17, 15) is 35.2 Å². The van der Waals surface area contributed by atoms with Crippen LogP contribution in [0.15, 0.2) is 0 Å². The van der Waals surface area contributed by atoms with Gasteiger partial charge in [0.05, 0.1) is 0 Å². The molecule has 0 aromatic heterocycles. The van der Waals surface area contributed by atoms with Crippen LogP contribution in [0.1, 0.15) is 33.1 Å². The van der Waals surface area contributed by atoms with E-state index in [-0.39, 0.29) is 18.8 Å². The lowest BCUT2D eigenvalue weighted by molar-refractivity contribution is -0.162. The molecule has 0 saturated heterocycles. The minimum absolute atomic E-state index is 0.0758. The average molecular weight is 420 g/mol. The Hall–Kier alpha value is -1.18. The molecule has 2 rings (SSSR count). The highest BCUT2D eigenvalue weighted by molar-refractivity contribution is 7.89. The SMILES string of the molecule is CC1(C)C2CCC1(S(=O)(=O)OCCOC(=O)C(F)(F)S(=O)(=O)O)C(=O)C2. The Kier molecular flexibility index (Phi) is 5.02. The van der Waals surface area contributed by atoms with Gasteiger partial charge >= 0.3 is 21.3 Å². The van der Waals surface area contributed by atoms with Crippen LogP contribution in [-0.4, -0.2) is 56.4 Å². The molecule has 2 unspecified atom stereocenters. The Labute approximate surface area is 148 Å². The van der Waals surface area contributed by atoms with Gasteiger partial charge in [-0.15, -0.1) is 0 Å². The Morgan fingerprint density at radius 3 is 2.27 bits per heavy atom. The first kappa shape index (κ1) is 21.1. The first-order chi connectivity index (χ1) is 11.6. The molecule has 2 fully saturated rings. The number of ether oxygens (including phenoxy) is 1. The summed E-state index contributed by atoms with van der Waals surface area (Å²) in [7, 11) is -10.5. The molecule has 0 aliphatic heterocycles. The number of esters is 1. The molecule has 2 saturated carbocycles. The summed E-state index contributed by atoms with van der Waals surface area (Å²) in [5.41, 5.74) is -0.864. The molecule has 0 heterocycles. The maximum Gasteiger partial charge on any atom is 0.465 e. The number of rotatable bonds is 7. The highest BCUT2D eigenvalue weighted by Crippen LogP contribution is 2.62. The fourth-order valence-electron chi connectivity index (χ4n) is 3.79. The summed E-state index contributed by atoms with van der Waals surface area (Å²) < 4.78 is 87.1.